The highest BCUT2D eigenvalue weighted by Gasteiger charge is 1.83. The van der Waals surface area contributed by atoms with Crippen LogP contribution in [0.2, 0.25) is 0 Å². The Morgan fingerprint density at radius 1 is 1.71 bits per heavy atom. The predicted molar refractivity (Wildman–Crippen MR) is 30.0 cm³/mol. The van der Waals surface area contributed by atoms with Crippen LogP contribution in [0.4, 0.5) is 4.39 Å². The Kier molecular flexibility index (Phi) is 3.67. The van der Waals surface area contributed by atoms with Crippen LogP contribution in [0.15, 0.2) is 12.2 Å². The molecule has 0 fully saturated rings. The van der Waals surface area contributed by atoms with Gasteiger partial charge in [-0.05, 0) is 13.3 Å². The molecule has 0 heterocycles. The molecular formula is C6H11F. The average molecular weight is 102 g/mol. The fourth-order valence-corrected chi connectivity index (χ4v) is 0.324. The third kappa shape index (κ3) is 5.67. The van der Waals surface area contributed by atoms with Gasteiger partial charge in [0.05, 0.1) is 0 Å². The molecule has 0 unspecified atom stereocenters. The molecule has 0 nitrogen and oxygen atoms in total. The van der Waals surface area contributed by atoms with Gasteiger partial charge in [0, 0.05) is 0 Å². The van der Waals surface area contributed by atoms with Crippen LogP contribution in [0, 0.1) is 0 Å². The molecule has 0 radical (unpaired) electrons. The second kappa shape index (κ2) is 3.85. The van der Waals surface area contributed by atoms with Gasteiger partial charge in [-0.1, -0.05) is 19.1 Å². The Morgan fingerprint density at radius 3 is 2.43 bits per heavy atom. The van der Waals surface area contributed by atoms with Gasteiger partial charge in [-0.2, -0.15) is 0 Å². The summed E-state index contributed by atoms with van der Waals surface area (Å²) in [5, 5.41) is 0. The fourth-order valence-electron chi connectivity index (χ4n) is 0.324. The van der Waals surface area contributed by atoms with Gasteiger partial charge in [0.15, 0.2) is 0 Å². The van der Waals surface area contributed by atoms with Crippen molar-refractivity contribution in [1.29, 1.82) is 0 Å². The number of rotatable bonds is 2. The van der Waals surface area contributed by atoms with Crippen LogP contribution in [0.25, 0.3) is 0 Å². The lowest BCUT2D eigenvalue weighted by Crippen LogP contribution is -1.80. The SMILES string of the molecule is CC/C=C\[C@H](C)F. The van der Waals surface area contributed by atoms with Crippen molar-refractivity contribution in [2.45, 2.75) is 26.4 Å². The van der Waals surface area contributed by atoms with E-state index in [9.17, 15) is 4.39 Å². The van der Waals surface area contributed by atoms with Crippen molar-refractivity contribution in [2.75, 3.05) is 0 Å². The van der Waals surface area contributed by atoms with Gasteiger partial charge in [0.25, 0.3) is 0 Å². The fraction of sp³-hybridized carbons (Fsp3) is 0.667. The summed E-state index contributed by atoms with van der Waals surface area (Å²) in [5.74, 6) is 0. The zero-order chi connectivity index (χ0) is 5.70. The van der Waals surface area contributed by atoms with Crippen molar-refractivity contribution in [1.82, 2.24) is 0 Å². The van der Waals surface area contributed by atoms with Crippen LogP contribution in [0.5, 0.6) is 0 Å². The van der Waals surface area contributed by atoms with Crippen LogP contribution in [0.1, 0.15) is 20.3 Å². The summed E-state index contributed by atoms with van der Waals surface area (Å²) < 4.78 is 11.8. The second-order valence-corrected chi connectivity index (χ2v) is 1.51. The van der Waals surface area contributed by atoms with E-state index in [-0.39, 0.29) is 0 Å². The third-order valence-electron chi connectivity index (χ3n) is 0.637. The van der Waals surface area contributed by atoms with Crippen molar-refractivity contribution in [3.8, 4) is 0 Å². The number of alkyl halides is 1. The molecule has 0 aromatic rings. The molecule has 0 aliphatic heterocycles. The Hall–Kier alpha value is -0.330. The summed E-state index contributed by atoms with van der Waals surface area (Å²) in [5.41, 5.74) is 0. The van der Waals surface area contributed by atoms with Crippen molar-refractivity contribution in [3.63, 3.8) is 0 Å². The van der Waals surface area contributed by atoms with E-state index in [1.807, 2.05) is 13.0 Å². The van der Waals surface area contributed by atoms with Gasteiger partial charge in [-0.15, -0.1) is 0 Å². The molecule has 0 saturated carbocycles. The van der Waals surface area contributed by atoms with E-state index >= 15 is 0 Å². The van der Waals surface area contributed by atoms with Gasteiger partial charge in [-0.25, -0.2) is 4.39 Å². The molecule has 1 heteroatoms. The van der Waals surface area contributed by atoms with Crippen LogP contribution >= 0.6 is 0 Å². The minimum absolute atomic E-state index is 0.778. The topological polar surface area (TPSA) is 0 Å². The van der Waals surface area contributed by atoms with Crippen LogP contribution in [-0.4, -0.2) is 6.17 Å². The minimum atomic E-state index is -0.778. The van der Waals surface area contributed by atoms with Crippen molar-refractivity contribution >= 4 is 0 Å². The van der Waals surface area contributed by atoms with Crippen molar-refractivity contribution < 1.29 is 4.39 Å². The number of hydrogen-bond donors (Lipinski definition) is 0. The monoisotopic (exact) mass is 102 g/mol. The molecular weight excluding hydrogens is 91.1 g/mol. The Bertz CT molecular complexity index is 55.2. The maximum absolute atomic E-state index is 11.8. The molecule has 0 spiro atoms. The number of hydrogen-bond acceptors (Lipinski definition) is 0. The van der Waals surface area contributed by atoms with Gasteiger partial charge >= 0.3 is 0 Å². The summed E-state index contributed by atoms with van der Waals surface area (Å²) in [4.78, 5) is 0. The van der Waals surface area contributed by atoms with E-state index in [1.54, 1.807) is 6.08 Å². The standard InChI is InChI=1S/C6H11F/c1-3-4-5-6(2)7/h4-6H,3H2,1-2H3/b5-4-/t6-/m0/s1. The quantitative estimate of drug-likeness (QED) is 0.469. The Balaban J connectivity index is 3.08. The molecule has 42 valence electrons. The molecule has 0 rings (SSSR count). The Morgan fingerprint density at radius 2 is 2.29 bits per heavy atom. The lowest BCUT2D eigenvalue weighted by Gasteiger charge is -1.85. The molecule has 0 aromatic carbocycles. The summed E-state index contributed by atoms with van der Waals surface area (Å²) in [6, 6.07) is 0. The third-order valence-corrected chi connectivity index (χ3v) is 0.637. The second-order valence-electron chi connectivity index (χ2n) is 1.51. The highest BCUT2D eigenvalue weighted by Crippen LogP contribution is 1.90. The first-order valence-electron chi connectivity index (χ1n) is 2.58. The highest BCUT2D eigenvalue weighted by atomic mass is 19.1. The van der Waals surface area contributed by atoms with Crippen LogP contribution in [-0.2, 0) is 0 Å². The number of allylic oxidation sites excluding steroid dienone is 2. The predicted octanol–water partition coefficient (Wildman–Crippen LogP) is 2.31. The zero-order valence-electron chi connectivity index (χ0n) is 4.82. The normalized spacial score (nSPS) is 15.3. The van der Waals surface area contributed by atoms with Crippen LogP contribution < -0.4 is 0 Å². The van der Waals surface area contributed by atoms with Crippen molar-refractivity contribution in [3.05, 3.63) is 12.2 Å². The lowest BCUT2D eigenvalue weighted by molar-refractivity contribution is 0.430. The van der Waals surface area contributed by atoms with E-state index in [2.05, 4.69) is 0 Å². The smallest absolute Gasteiger partial charge is 0.115 e. The molecule has 0 bridgehead atoms. The lowest BCUT2D eigenvalue weighted by atomic mass is 10.3. The average Bonchev–Trinajstić information content (AvgIpc) is 1.61. The van der Waals surface area contributed by atoms with Gasteiger partial charge in [0.2, 0.25) is 0 Å². The molecule has 1 atom stereocenters. The van der Waals surface area contributed by atoms with Gasteiger partial charge in [0.1, 0.15) is 6.17 Å². The molecule has 7 heavy (non-hydrogen) atoms. The minimum Gasteiger partial charge on any atom is -0.243 e. The largest absolute Gasteiger partial charge is 0.243 e. The highest BCUT2D eigenvalue weighted by molar-refractivity contribution is 4.84. The van der Waals surface area contributed by atoms with E-state index in [4.69, 9.17) is 0 Å². The first-order valence-corrected chi connectivity index (χ1v) is 2.58. The molecule has 0 aliphatic rings. The Labute approximate surface area is 44.0 Å². The summed E-state index contributed by atoms with van der Waals surface area (Å²) in [6.07, 6.45) is 3.53. The summed E-state index contributed by atoms with van der Waals surface area (Å²) in [6.45, 7) is 3.50. The maximum Gasteiger partial charge on any atom is 0.115 e. The first kappa shape index (κ1) is 6.67. The molecule has 0 saturated heterocycles. The van der Waals surface area contributed by atoms with Crippen molar-refractivity contribution in [2.24, 2.45) is 0 Å². The van der Waals surface area contributed by atoms with E-state index in [1.165, 1.54) is 6.92 Å². The van der Waals surface area contributed by atoms with Gasteiger partial charge < -0.3 is 0 Å². The first-order chi connectivity index (χ1) is 3.27. The molecule has 0 aliphatic carbocycles. The van der Waals surface area contributed by atoms with E-state index in [0.717, 1.165) is 6.42 Å². The van der Waals surface area contributed by atoms with Gasteiger partial charge in [-0.3, -0.25) is 0 Å². The van der Waals surface area contributed by atoms with E-state index in [0.29, 0.717) is 0 Å². The molecule has 0 aromatic heterocycles. The number of halogens is 1. The maximum atomic E-state index is 11.8. The van der Waals surface area contributed by atoms with Crippen LogP contribution in [0.3, 0.4) is 0 Å². The summed E-state index contributed by atoms with van der Waals surface area (Å²) in [7, 11) is 0. The summed E-state index contributed by atoms with van der Waals surface area (Å²) >= 11 is 0. The molecule has 0 amide bonds. The van der Waals surface area contributed by atoms with E-state index < -0.39 is 6.17 Å². The molecule has 0 N–H and O–H groups in total. The zero-order valence-corrected chi connectivity index (χ0v) is 4.82.